The molecular weight excluding hydrogens is 442 g/mol. The highest BCUT2D eigenvalue weighted by atomic mass is 16.5. The first-order valence-electron chi connectivity index (χ1n) is 13.8. The number of aryl methyl sites for hydroxylation is 1. The van der Waals surface area contributed by atoms with Crippen molar-refractivity contribution >= 4 is 34.0 Å². The molecule has 4 aliphatic rings. The Bertz CT molecular complexity index is 1390. The van der Waals surface area contributed by atoms with E-state index < -0.39 is 5.72 Å². The van der Waals surface area contributed by atoms with Crippen molar-refractivity contribution in [3.63, 3.8) is 0 Å². The number of hydrogen-bond donors (Lipinski definition) is 0. The third kappa shape index (κ3) is 2.90. The Balaban J connectivity index is 1.38. The molecule has 4 nitrogen and oxygen atoms in total. The van der Waals surface area contributed by atoms with Crippen molar-refractivity contribution in [2.24, 2.45) is 10.9 Å². The summed E-state index contributed by atoms with van der Waals surface area (Å²) in [4.78, 5) is 10.2. The smallest absolute Gasteiger partial charge is 0.228 e. The van der Waals surface area contributed by atoms with Crippen LogP contribution in [0.4, 0.5) is 17.1 Å². The summed E-state index contributed by atoms with van der Waals surface area (Å²) in [6.07, 6.45) is 10.1. The Morgan fingerprint density at radius 2 is 1.69 bits per heavy atom. The van der Waals surface area contributed by atoms with Crippen LogP contribution in [0.2, 0.25) is 0 Å². The SMILES string of the molecule is Cc1ccc2c(c1)C(C)(C)C1(C=Nc3c(cc(N4CCCC5CCCCC54)c4ccccc34)O1)N2C. The van der Waals surface area contributed by atoms with E-state index in [0.717, 1.165) is 23.9 Å². The minimum Gasteiger partial charge on any atom is -0.459 e. The summed E-state index contributed by atoms with van der Waals surface area (Å²) in [5.74, 6) is 1.73. The number of hydrogen-bond acceptors (Lipinski definition) is 4. The number of rotatable bonds is 1. The number of ether oxygens (including phenoxy) is 1. The summed E-state index contributed by atoms with van der Waals surface area (Å²) >= 11 is 0. The van der Waals surface area contributed by atoms with Gasteiger partial charge in [0.15, 0.2) is 5.75 Å². The highest BCUT2D eigenvalue weighted by molar-refractivity contribution is 6.06. The lowest BCUT2D eigenvalue weighted by molar-refractivity contribution is 0.0826. The summed E-state index contributed by atoms with van der Waals surface area (Å²) in [5, 5.41) is 2.50. The molecule has 3 aromatic carbocycles. The molecule has 36 heavy (non-hydrogen) atoms. The van der Waals surface area contributed by atoms with Gasteiger partial charge in [-0.3, -0.25) is 4.99 Å². The summed E-state index contributed by atoms with van der Waals surface area (Å²) in [7, 11) is 2.15. The van der Waals surface area contributed by atoms with Crippen molar-refractivity contribution in [1.29, 1.82) is 0 Å². The van der Waals surface area contributed by atoms with Crippen molar-refractivity contribution in [3.05, 3.63) is 59.7 Å². The van der Waals surface area contributed by atoms with Crippen molar-refractivity contribution in [1.82, 2.24) is 0 Å². The summed E-state index contributed by atoms with van der Waals surface area (Å²) in [6.45, 7) is 7.90. The third-order valence-electron chi connectivity index (χ3n) is 9.73. The zero-order chi connectivity index (χ0) is 24.7. The van der Waals surface area contributed by atoms with E-state index in [4.69, 9.17) is 9.73 Å². The molecule has 7 rings (SSSR count). The molecule has 0 amide bonds. The molecular formula is C32H37N3O. The lowest BCUT2D eigenvalue weighted by atomic mass is 9.77. The Morgan fingerprint density at radius 3 is 2.56 bits per heavy atom. The summed E-state index contributed by atoms with van der Waals surface area (Å²) in [6, 6.07) is 18.5. The van der Waals surface area contributed by atoms with Crippen LogP contribution in [-0.4, -0.2) is 31.6 Å². The Kier molecular flexibility index (Phi) is 4.78. The highest BCUT2D eigenvalue weighted by Gasteiger charge is 2.58. The zero-order valence-corrected chi connectivity index (χ0v) is 22.1. The lowest BCUT2D eigenvalue weighted by Gasteiger charge is -2.47. The number of benzene rings is 3. The first-order valence-corrected chi connectivity index (χ1v) is 13.8. The molecule has 0 aromatic heterocycles. The van der Waals surface area contributed by atoms with Crippen LogP contribution in [0.25, 0.3) is 10.8 Å². The molecule has 0 radical (unpaired) electrons. The van der Waals surface area contributed by atoms with Gasteiger partial charge in [0.25, 0.3) is 0 Å². The number of nitrogens with zero attached hydrogens (tertiary/aromatic N) is 3. The molecule has 0 N–H and O–H groups in total. The minimum atomic E-state index is -0.662. The molecule has 186 valence electrons. The molecule has 1 aliphatic carbocycles. The van der Waals surface area contributed by atoms with Gasteiger partial charge in [-0.05, 0) is 64.0 Å². The second-order valence-electron chi connectivity index (χ2n) is 12.0. The van der Waals surface area contributed by atoms with E-state index in [2.05, 4.69) is 92.4 Å². The minimum absolute atomic E-state index is 0.254. The van der Waals surface area contributed by atoms with Crippen molar-refractivity contribution in [2.45, 2.75) is 76.5 Å². The first kappa shape index (κ1) is 22.2. The maximum atomic E-state index is 7.16. The Labute approximate surface area is 215 Å². The van der Waals surface area contributed by atoms with E-state index in [9.17, 15) is 0 Å². The maximum absolute atomic E-state index is 7.16. The van der Waals surface area contributed by atoms with Gasteiger partial charge in [-0.1, -0.05) is 54.8 Å². The quantitative estimate of drug-likeness (QED) is 0.361. The second kappa shape index (κ2) is 7.74. The summed E-state index contributed by atoms with van der Waals surface area (Å²) < 4.78 is 7.16. The monoisotopic (exact) mass is 479 g/mol. The fourth-order valence-electron chi connectivity index (χ4n) is 7.71. The maximum Gasteiger partial charge on any atom is 0.228 e. The van der Waals surface area contributed by atoms with E-state index in [1.165, 1.54) is 71.8 Å². The van der Waals surface area contributed by atoms with Crippen LogP contribution in [0, 0.1) is 12.8 Å². The predicted molar refractivity (Wildman–Crippen MR) is 150 cm³/mol. The van der Waals surface area contributed by atoms with Gasteiger partial charge < -0.3 is 14.5 Å². The number of anilines is 2. The molecule has 3 unspecified atom stereocenters. The topological polar surface area (TPSA) is 28.1 Å². The van der Waals surface area contributed by atoms with E-state index in [0.29, 0.717) is 6.04 Å². The van der Waals surface area contributed by atoms with Gasteiger partial charge in [-0.2, -0.15) is 0 Å². The average Bonchev–Trinajstić information content (AvgIpc) is 3.05. The molecule has 3 aromatic rings. The predicted octanol–water partition coefficient (Wildman–Crippen LogP) is 7.53. The molecule has 0 bridgehead atoms. The van der Waals surface area contributed by atoms with Gasteiger partial charge >= 0.3 is 0 Å². The van der Waals surface area contributed by atoms with Crippen LogP contribution in [0.15, 0.2) is 53.5 Å². The van der Waals surface area contributed by atoms with Crippen molar-refractivity contribution in [2.75, 3.05) is 23.4 Å². The van der Waals surface area contributed by atoms with Crippen molar-refractivity contribution in [3.8, 4) is 5.75 Å². The number of fused-ring (bicyclic) bond motifs is 5. The lowest BCUT2D eigenvalue weighted by Crippen LogP contribution is -2.61. The van der Waals surface area contributed by atoms with Gasteiger partial charge in [-0.25, -0.2) is 0 Å². The Hall–Kier alpha value is -3.01. The van der Waals surface area contributed by atoms with Crippen LogP contribution in [0.3, 0.4) is 0 Å². The first-order chi connectivity index (χ1) is 17.4. The number of aliphatic imine (C=N–C) groups is 1. The van der Waals surface area contributed by atoms with Crippen LogP contribution >= 0.6 is 0 Å². The van der Waals surface area contributed by atoms with Gasteiger partial charge in [0.2, 0.25) is 5.72 Å². The number of likely N-dealkylation sites (N-methyl/N-ethyl adjacent to an activating group) is 1. The van der Waals surface area contributed by atoms with E-state index in [-0.39, 0.29) is 5.41 Å². The summed E-state index contributed by atoms with van der Waals surface area (Å²) in [5.41, 5.74) is 5.21. The van der Waals surface area contributed by atoms with Gasteiger partial charge in [0.1, 0.15) is 5.69 Å². The molecule has 3 atom stereocenters. The molecule has 1 saturated heterocycles. The van der Waals surface area contributed by atoms with Crippen LogP contribution in [-0.2, 0) is 5.41 Å². The van der Waals surface area contributed by atoms with Gasteiger partial charge in [-0.15, -0.1) is 0 Å². The van der Waals surface area contributed by atoms with Crippen LogP contribution in [0.1, 0.15) is 63.5 Å². The molecule has 1 saturated carbocycles. The Morgan fingerprint density at radius 1 is 0.917 bits per heavy atom. The van der Waals surface area contributed by atoms with Gasteiger partial charge in [0.05, 0.1) is 11.6 Å². The van der Waals surface area contributed by atoms with Crippen molar-refractivity contribution < 1.29 is 4.74 Å². The fourth-order valence-corrected chi connectivity index (χ4v) is 7.71. The van der Waals surface area contributed by atoms with Crippen LogP contribution < -0.4 is 14.5 Å². The third-order valence-corrected chi connectivity index (χ3v) is 9.73. The van der Waals surface area contributed by atoms with E-state index in [1.54, 1.807) is 0 Å². The highest BCUT2D eigenvalue weighted by Crippen LogP contribution is 2.55. The molecule has 3 heterocycles. The van der Waals surface area contributed by atoms with E-state index in [1.807, 2.05) is 0 Å². The van der Waals surface area contributed by atoms with Crippen LogP contribution in [0.5, 0.6) is 5.75 Å². The van der Waals surface area contributed by atoms with Gasteiger partial charge in [0, 0.05) is 47.8 Å². The van der Waals surface area contributed by atoms with E-state index >= 15 is 0 Å². The standard InChI is InChI=1S/C32H37N3O/c1-21-15-16-27-25(18-21)31(2,3)32(34(27)4)20-33-30-24-13-7-6-12-23(24)28(19-29(30)36-32)35-17-9-11-22-10-5-8-14-26(22)35/h6-7,12-13,15-16,18-20,22,26H,5,8-11,14,17H2,1-4H3. The second-order valence-corrected chi connectivity index (χ2v) is 12.0. The molecule has 2 fully saturated rings. The average molecular weight is 480 g/mol. The largest absolute Gasteiger partial charge is 0.459 e. The molecule has 3 aliphatic heterocycles. The molecule has 4 heteroatoms. The molecule has 1 spiro atoms. The number of piperidine rings is 1. The normalized spacial score (nSPS) is 28.1. The fraction of sp³-hybridized carbons (Fsp3) is 0.469. The zero-order valence-electron chi connectivity index (χ0n) is 22.1.